The first-order valence-corrected chi connectivity index (χ1v) is 21.7. The molecular formula is C55H29F3N12. The van der Waals surface area contributed by atoms with E-state index in [-0.39, 0.29) is 33.8 Å². The van der Waals surface area contributed by atoms with Crippen molar-refractivity contribution < 1.29 is 13.2 Å². The number of hydrogen-bond donors (Lipinski definition) is 0. The summed E-state index contributed by atoms with van der Waals surface area (Å²) in [5, 5.41) is 14.6. The zero-order chi connectivity index (χ0) is 47.5. The molecule has 0 atom stereocenters. The normalized spacial score (nSPS) is 11.6. The molecule has 6 aromatic carbocycles. The zero-order valence-electron chi connectivity index (χ0n) is 36.2. The second-order valence-electron chi connectivity index (χ2n) is 16.2. The third-order valence-corrected chi connectivity index (χ3v) is 12.3. The van der Waals surface area contributed by atoms with Crippen LogP contribution in [-0.2, 0) is 6.18 Å². The molecule has 0 saturated carbocycles. The second kappa shape index (κ2) is 16.4. The Morgan fingerprint density at radius 3 is 1.09 bits per heavy atom. The summed E-state index contributed by atoms with van der Waals surface area (Å²) in [6.07, 6.45) is 8.41. The van der Waals surface area contributed by atoms with Crippen molar-refractivity contribution in [1.29, 1.82) is 5.26 Å². The summed E-state index contributed by atoms with van der Waals surface area (Å²) in [4.78, 5) is 39.7. The first-order valence-electron chi connectivity index (χ1n) is 21.7. The molecule has 12 nitrogen and oxygen atoms in total. The van der Waals surface area contributed by atoms with E-state index in [2.05, 4.69) is 50.8 Å². The van der Waals surface area contributed by atoms with Crippen molar-refractivity contribution in [1.82, 2.24) is 49.0 Å². The number of nitrogens with zero attached hydrogens (tertiary/aromatic N) is 12. The first kappa shape index (κ1) is 41.4. The molecule has 0 saturated heterocycles. The van der Waals surface area contributed by atoms with E-state index >= 15 is 13.2 Å². The minimum atomic E-state index is -4.85. The lowest BCUT2D eigenvalue weighted by Gasteiger charge is -2.21. The lowest BCUT2D eigenvalue weighted by Crippen LogP contribution is -2.09. The number of hydrogen-bond acceptors (Lipinski definition) is 9. The van der Waals surface area contributed by atoms with Crippen LogP contribution < -0.4 is 0 Å². The van der Waals surface area contributed by atoms with E-state index in [1.54, 1.807) is 86.0 Å². The number of fused-ring (bicyclic) bond motifs is 6. The lowest BCUT2D eigenvalue weighted by atomic mass is 9.94. The maximum absolute atomic E-state index is 15.3. The van der Waals surface area contributed by atoms with Crippen molar-refractivity contribution >= 4 is 49.3 Å². The summed E-state index contributed by atoms with van der Waals surface area (Å²) < 4.78 is 49.6. The summed E-state index contributed by atoms with van der Waals surface area (Å²) in [6.45, 7) is 8.15. The highest BCUT2D eigenvalue weighted by Gasteiger charge is 2.35. The van der Waals surface area contributed by atoms with Crippen LogP contribution in [0, 0.1) is 17.9 Å². The van der Waals surface area contributed by atoms with Gasteiger partial charge in [0.05, 0.1) is 45.6 Å². The molecule has 0 bridgehead atoms. The first-order chi connectivity index (χ1) is 34.3. The fraction of sp³-hybridized carbons (Fsp3) is 0.0182. The van der Waals surface area contributed by atoms with Crippen molar-refractivity contribution in [2.24, 2.45) is 0 Å². The van der Waals surface area contributed by atoms with Gasteiger partial charge in [-0.15, -0.1) is 0 Å². The third kappa shape index (κ3) is 6.84. The van der Waals surface area contributed by atoms with E-state index in [4.69, 9.17) is 6.57 Å². The van der Waals surface area contributed by atoms with Crippen molar-refractivity contribution in [3.63, 3.8) is 0 Å². The van der Waals surface area contributed by atoms with Crippen LogP contribution in [-0.4, -0.2) is 49.0 Å². The van der Waals surface area contributed by atoms with E-state index in [1.165, 1.54) is 12.1 Å². The molecule has 12 rings (SSSR count). The van der Waals surface area contributed by atoms with Gasteiger partial charge in [-0.05, 0) is 120 Å². The van der Waals surface area contributed by atoms with Gasteiger partial charge in [0, 0.05) is 93.4 Å². The van der Waals surface area contributed by atoms with Crippen molar-refractivity contribution in [2.45, 2.75) is 6.18 Å². The minimum Gasteiger partial charge on any atom is -0.308 e. The molecular weight excluding hydrogens is 886 g/mol. The average Bonchev–Trinajstić information content (AvgIpc) is 3.92. The number of halogens is 3. The van der Waals surface area contributed by atoms with Gasteiger partial charge in [-0.1, -0.05) is 18.2 Å². The quantitative estimate of drug-likeness (QED) is 0.143. The summed E-state index contributed by atoms with van der Waals surface area (Å²) in [7, 11) is 0. The molecule has 6 heterocycles. The van der Waals surface area contributed by atoms with Gasteiger partial charge in [-0.2, -0.15) is 18.4 Å². The molecule has 6 aromatic heterocycles. The Labute approximate surface area is 395 Å². The SMILES string of the molecule is [C-]#[N+]c1cccc(C(F)(F)F)c1-c1cc(-n2c3ccc(-c4ncccn4)cc3c3cc(-c4ncccn4)ccc32)c(C#N)c(-n2c3ccc(-c4ncccn4)cc3c3cc(-c4ncccn4)ccc32)c1. The Bertz CT molecular complexity index is 3710. The van der Waals surface area contributed by atoms with Gasteiger partial charge in [0.25, 0.3) is 0 Å². The Balaban J connectivity index is 1.22. The fourth-order valence-electron chi connectivity index (χ4n) is 9.31. The van der Waals surface area contributed by atoms with Crippen molar-refractivity contribution in [3.05, 3.63) is 200 Å². The van der Waals surface area contributed by atoms with Crippen LogP contribution in [0.2, 0.25) is 0 Å². The van der Waals surface area contributed by atoms with E-state index in [0.29, 0.717) is 45.4 Å². The maximum atomic E-state index is 15.3. The third-order valence-electron chi connectivity index (χ3n) is 12.3. The van der Waals surface area contributed by atoms with Crippen LogP contribution >= 0.6 is 0 Å². The largest absolute Gasteiger partial charge is 0.415 e. The molecule has 0 aliphatic carbocycles. The molecule has 0 fully saturated rings. The van der Waals surface area contributed by atoms with Gasteiger partial charge in [-0.3, -0.25) is 0 Å². The predicted octanol–water partition coefficient (Wildman–Crippen LogP) is 12.8. The molecule has 0 radical (unpaired) electrons. The Kier molecular flexibility index (Phi) is 9.71. The molecule has 12 aromatic rings. The standard InChI is InChI=1S/C55H29F3N12/c1-60-43-8-2-7-42(55(56,57)58)50(43)36-29-48(69-44-13-9-32(51-61-17-3-18-62-51)25-37(44)38-26-33(10-14-45(38)69)52-63-19-4-20-64-52)41(31-59)49(30-36)70-46-15-11-34(53-65-21-5-22-66-53)27-39(46)40-28-35(12-16-47(40)70)54-67-23-6-24-68-54/h2-30H. The van der Waals surface area contributed by atoms with Gasteiger partial charge < -0.3 is 9.13 Å². The van der Waals surface area contributed by atoms with Gasteiger partial charge in [0.15, 0.2) is 29.0 Å². The molecule has 0 amide bonds. The molecule has 0 spiro atoms. The summed E-state index contributed by atoms with van der Waals surface area (Å²) in [5.74, 6) is 1.95. The van der Waals surface area contributed by atoms with Crippen LogP contribution in [0.5, 0.6) is 0 Å². The molecule has 0 N–H and O–H groups in total. The van der Waals surface area contributed by atoms with Gasteiger partial charge >= 0.3 is 6.18 Å². The highest BCUT2D eigenvalue weighted by Crippen LogP contribution is 2.47. The molecule has 0 aliphatic rings. The van der Waals surface area contributed by atoms with Crippen LogP contribution in [0.25, 0.3) is 117 Å². The molecule has 0 aliphatic heterocycles. The number of aromatic nitrogens is 10. The number of nitriles is 1. The van der Waals surface area contributed by atoms with Crippen molar-refractivity contribution in [2.75, 3.05) is 0 Å². The predicted molar refractivity (Wildman–Crippen MR) is 261 cm³/mol. The Morgan fingerprint density at radius 1 is 0.443 bits per heavy atom. The average molecular weight is 915 g/mol. The van der Waals surface area contributed by atoms with Crippen LogP contribution in [0.15, 0.2) is 177 Å². The van der Waals surface area contributed by atoms with Gasteiger partial charge in [0.2, 0.25) is 0 Å². The number of rotatable bonds is 7. The van der Waals surface area contributed by atoms with Gasteiger partial charge in [-0.25, -0.2) is 44.7 Å². The Morgan fingerprint density at radius 2 is 0.786 bits per heavy atom. The lowest BCUT2D eigenvalue weighted by molar-refractivity contribution is -0.137. The van der Waals surface area contributed by atoms with E-state index in [9.17, 15) is 5.26 Å². The van der Waals surface area contributed by atoms with E-state index in [0.717, 1.165) is 49.9 Å². The second-order valence-corrected chi connectivity index (χ2v) is 16.2. The fourth-order valence-corrected chi connectivity index (χ4v) is 9.31. The summed E-state index contributed by atoms with van der Waals surface area (Å²) >= 11 is 0. The van der Waals surface area contributed by atoms with Crippen molar-refractivity contribution in [3.8, 4) is 74.1 Å². The van der Waals surface area contributed by atoms with E-state index in [1.807, 2.05) is 81.9 Å². The zero-order valence-corrected chi connectivity index (χ0v) is 36.2. The molecule has 70 heavy (non-hydrogen) atoms. The highest BCUT2D eigenvalue weighted by molar-refractivity contribution is 6.13. The Hall–Kier alpha value is -9.99. The number of alkyl halides is 3. The molecule has 330 valence electrons. The maximum Gasteiger partial charge on any atom is 0.415 e. The van der Waals surface area contributed by atoms with Gasteiger partial charge in [0.1, 0.15) is 11.6 Å². The summed E-state index contributed by atoms with van der Waals surface area (Å²) in [6, 6.07) is 39.0. The summed E-state index contributed by atoms with van der Waals surface area (Å²) in [5.41, 5.74) is 4.65. The smallest absolute Gasteiger partial charge is 0.308 e. The van der Waals surface area contributed by atoms with E-state index < -0.39 is 11.7 Å². The van der Waals surface area contributed by atoms with Crippen LogP contribution in [0.3, 0.4) is 0 Å². The number of benzene rings is 6. The topological polar surface area (TPSA) is 141 Å². The monoisotopic (exact) mass is 914 g/mol. The highest BCUT2D eigenvalue weighted by atomic mass is 19.4. The van der Waals surface area contributed by atoms with Crippen LogP contribution in [0.1, 0.15) is 11.1 Å². The molecule has 15 heteroatoms. The molecule has 0 unspecified atom stereocenters. The minimum absolute atomic E-state index is 0.0696. The van der Waals surface area contributed by atoms with Crippen LogP contribution in [0.4, 0.5) is 18.9 Å².